The second kappa shape index (κ2) is 25.3. The third-order valence-electron chi connectivity index (χ3n) is 7.68. The second-order valence-electron chi connectivity index (χ2n) is 12.2. The van der Waals surface area contributed by atoms with E-state index in [0.717, 1.165) is 37.2 Å². The van der Waals surface area contributed by atoms with Crippen LogP contribution in [0.4, 0.5) is 0 Å². The van der Waals surface area contributed by atoms with E-state index in [-0.39, 0.29) is 41.7 Å². The number of nitrogens with two attached hydrogens (primary N) is 1. The van der Waals surface area contributed by atoms with Gasteiger partial charge in [-0.25, -0.2) is 14.6 Å². The number of carbonyl (C=O) groups is 6. The molecule has 0 spiro atoms. The summed E-state index contributed by atoms with van der Waals surface area (Å²) in [5, 5.41) is 30.4. The smallest absolute Gasteiger partial charge is 0.339 e. The SMILES string of the molecule is COC(=O)c1ccc(SC[C@H](NC(=O)C(CCCCNC(=O)CCSCCN(C)C)NC(=O)/C=C/c2ccc(O)c(O)c2)C(=O)NC(CN)C(=O)OC)nc1. The summed E-state index contributed by atoms with van der Waals surface area (Å²) >= 11 is 2.77. The van der Waals surface area contributed by atoms with E-state index in [2.05, 4.69) is 31.2 Å². The molecule has 0 saturated carbocycles. The van der Waals surface area contributed by atoms with Crippen molar-refractivity contribution in [3.05, 3.63) is 53.7 Å². The number of carbonyl (C=O) groups excluding carboxylic acids is 6. The van der Waals surface area contributed by atoms with E-state index in [4.69, 9.17) is 15.2 Å². The summed E-state index contributed by atoms with van der Waals surface area (Å²) in [4.78, 5) is 82.9. The Labute approximate surface area is 328 Å². The molecule has 8 N–H and O–H groups in total. The maximum absolute atomic E-state index is 13.8. The quantitative estimate of drug-likeness (QED) is 0.0253. The monoisotopic (exact) mass is 805 g/mol. The average Bonchev–Trinajstić information content (AvgIpc) is 3.17. The molecule has 0 radical (unpaired) electrons. The summed E-state index contributed by atoms with van der Waals surface area (Å²) in [6.07, 6.45) is 5.23. The van der Waals surface area contributed by atoms with Crippen LogP contribution >= 0.6 is 23.5 Å². The Morgan fingerprint density at radius 2 is 1.64 bits per heavy atom. The van der Waals surface area contributed by atoms with Gasteiger partial charge in [0.05, 0.1) is 24.8 Å². The van der Waals surface area contributed by atoms with Crippen molar-refractivity contribution in [2.45, 2.75) is 48.8 Å². The lowest BCUT2D eigenvalue weighted by molar-refractivity contribution is -0.145. The number of rotatable bonds is 24. The van der Waals surface area contributed by atoms with E-state index in [0.29, 0.717) is 42.1 Å². The van der Waals surface area contributed by atoms with Gasteiger partial charge < -0.3 is 51.6 Å². The Hall–Kier alpha value is -4.85. The van der Waals surface area contributed by atoms with Gasteiger partial charge in [0.1, 0.15) is 18.1 Å². The summed E-state index contributed by atoms with van der Waals surface area (Å²) in [5.41, 5.74) is 6.30. The molecule has 17 nitrogen and oxygen atoms in total. The van der Waals surface area contributed by atoms with Crippen LogP contribution in [0.2, 0.25) is 0 Å². The number of ether oxygens (including phenoxy) is 2. The Morgan fingerprint density at radius 3 is 2.27 bits per heavy atom. The van der Waals surface area contributed by atoms with Crippen molar-refractivity contribution in [2.75, 3.05) is 65.2 Å². The van der Waals surface area contributed by atoms with Crippen LogP contribution in [0, 0.1) is 0 Å². The number of unbranched alkanes of at least 4 members (excludes halogenated alkanes) is 1. The summed E-state index contributed by atoms with van der Waals surface area (Å²) in [6, 6.07) is 3.41. The number of benzene rings is 1. The third kappa shape index (κ3) is 17.9. The Balaban J connectivity index is 2.19. The molecule has 0 aliphatic rings. The van der Waals surface area contributed by atoms with Crippen LogP contribution in [0.1, 0.15) is 41.6 Å². The van der Waals surface area contributed by atoms with Crippen molar-refractivity contribution < 1.29 is 48.5 Å². The highest BCUT2D eigenvalue weighted by atomic mass is 32.2. The average molecular weight is 806 g/mol. The molecule has 0 saturated heterocycles. The molecule has 0 aliphatic carbocycles. The third-order valence-corrected chi connectivity index (χ3v) is 9.69. The standard InChI is InChI=1S/C36H51N7O10S2/c1-43(2)16-18-54-17-14-30(46)38-15-6-5-7-25(40-31(47)12-9-23-8-11-28(44)29(45)19-23)33(48)42-27(34(49)41-26(20-37)36(51)53-4)22-55-32-13-10-24(21-39-32)35(50)52-3/h8-13,19,21,25-27,44-45H,5-7,14-18,20,22,37H2,1-4H3,(H,38,46)(H,40,47)(H,41,49)(H,42,48)/b12-9+/t25?,26?,27-/m0/s1. The van der Waals surface area contributed by atoms with Gasteiger partial charge in [0.15, 0.2) is 11.5 Å². The van der Waals surface area contributed by atoms with E-state index in [9.17, 15) is 39.0 Å². The van der Waals surface area contributed by atoms with Crippen molar-refractivity contribution in [3.63, 3.8) is 0 Å². The number of amides is 4. The molecule has 19 heteroatoms. The molecule has 1 aromatic heterocycles. The first kappa shape index (κ1) is 46.3. The van der Waals surface area contributed by atoms with Gasteiger partial charge in [-0.3, -0.25) is 19.2 Å². The lowest BCUT2D eigenvalue weighted by Crippen LogP contribution is -2.57. The van der Waals surface area contributed by atoms with Crippen LogP contribution in [-0.4, -0.2) is 139 Å². The topological polar surface area (TPSA) is 252 Å². The van der Waals surface area contributed by atoms with Gasteiger partial charge in [-0.05, 0) is 69.3 Å². The molecule has 3 atom stereocenters. The number of nitrogens with zero attached hydrogens (tertiary/aromatic N) is 2. The highest BCUT2D eigenvalue weighted by Crippen LogP contribution is 2.25. The number of aromatic nitrogens is 1. The number of thioether (sulfide) groups is 2. The minimum atomic E-state index is -1.26. The molecule has 1 aromatic carbocycles. The van der Waals surface area contributed by atoms with Crippen molar-refractivity contribution in [2.24, 2.45) is 5.73 Å². The summed E-state index contributed by atoms with van der Waals surface area (Å²) in [6.45, 7) is 0.993. The first-order chi connectivity index (χ1) is 26.3. The van der Waals surface area contributed by atoms with Gasteiger partial charge >= 0.3 is 11.9 Å². The van der Waals surface area contributed by atoms with Crippen LogP contribution < -0.4 is 27.0 Å². The number of pyridine rings is 1. The Kier molecular flexibility index (Phi) is 21.3. The number of hydrogen-bond acceptors (Lipinski definition) is 15. The molecular weight excluding hydrogens is 755 g/mol. The maximum atomic E-state index is 13.8. The molecule has 2 aromatic rings. The molecule has 2 unspecified atom stereocenters. The fourth-order valence-corrected chi connectivity index (χ4v) is 6.46. The summed E-state index contributed by atoms with van der Waals surface area (Å²) in [5.74, 6) is -2.76. The number of esters is 2. The second-order valence-corrected chi connectivity index (χ2v) is 14.5. The van der Waals surface area contributed by atoms with E-state index in [1.165, 1.54) is 49.7 Å². The molecule has 302 valence electrons. The normalized spacial score (nSPS) is 12.7. The fraction of sp³-hybridized carbons (Fsp3) is 0.472. The first-order valence-electron chi connectivity index (χ1n) is 17.3. The lowest BCUT2D eigenvalue weighted by Gasteiger charge is -2.24. The zero-order valence-corrected chi connectivity index (χ0v) is 33.0. The molecule has 0 bridgehead atoms. The van der Waals surface area contributed by atoms with E-state index >= 15 is 0 Å². The molecule has 1 heterocycles. The molecule has 2 rings (SSSR count). The minimum absolute atomic E-state index is 0.0784. The van der Waals surface area contributed by atoms with Gasteiger partial charge in [-0.2, -0.15) is 11.8 Å². The largest absolute Gasteiger partial charge is 0.504 e. The number of hydrogen-bond donors (Lipinski definition) is 7. The first-order valence-corrected chi connectivity index (χ1v) is 19.5. The summed E-state index contributed by atoms with van der Waals surface area (Å²) in [7, 11) is 6.35. The zero-order valence-electron chi connectivity index (χ0n) is 31.4. The zero-order chi connectivity index (χ0) is 40.8. The van der Waals surface area contributed by atoms with Crippen molar-refractivity contribution in [3.8, 4) is 11.5 Å². The number of aromatic hydroxyl groups is 2. The van der Waals surface area contributed by atoms with Gasteiger partial charge in [0.25, 0.3) is 0 Å². The maximum Gasteiger partial charge on any atom is 0.339 e. The van der Waals surface area contributed by atoms with Crippen molar-refractivity contribution in [1.82, 2.24) is 31.2 Å². The predicted molar refractivity (Wildman–Crippen MR) is 209 cm³/mol. The molecule has 4 amide bonds. The minimum Gasteiger partial charge on any atom is -0.504 e. The van der Waals surface area contributed by atoms with E-state index < -0.39 is 47.8 Å². The van der Waals surface area contributed by atoms with Crippen molar-refractivity contribution in [1.29, 1.82) is 0 Å². The Morgan fingerprint density at radius 1 is 0.909 bits per heavy atom. The fourth-order valence-electron chi connectivity index (χ4n) is 4.57. The van der Waals surface area contributed by atoms with Crippen LogP contribution in [0.3, 0.4) is 0 Å². The number of phenols is 2. The number of methoxy groups -OCH3 is 2. The van der Waals surface area contributed by atoms with Gasteiger partial charge in [0, 0.05) is 55.6 Å². The highest BCUT2D eigenvalue weighted by molar-refractivity contribution is 7.99. The molecule has 0 fully saturated rings. The van der Waals surface area contributed by atoms with Gasteiger partial charge in [-0.1, -0.05) is 6.07 Å². The van der Waals surface area contributed by atoms with Crippen molar-refractivity contribution >= 4 is 65.2 Å². The van der Waals surface area contributed by atoms with E-state index in [1.54, 1.807) is 11.8 Å². The van der Waals surface area contributed by atoms with Gasteiger partial charge in [0.2, 0.25) is 23.6 Å². The van der Waals surface area contributed by atoms with Crippen LogP contribution in [0.25, 0.3) is 6.08 Å². The van der Waals surface area contributed by atoms with E-state index in [1.807, 2.05) is 14.1 Å². The number of nitrogens with one attached hydrogen (secondary N) is 4. The summed E-state index contributed by atoms with van der Waals surface area (Å²) < 4.78 is 9.41. The Bertz CT molecular complexity index is 1610. The van der Waals surface area contributed by atoms with Gasteiger partial charge in [-0.15, -0.1) is 11.8 Å². The highest BCUT2D eigenvalue weighted by Gasteiger charge is 2.30. The molecule has 55 heavy (non-hydrogen) atoms. The molecular formula is C36H51N7O10S2. The van der Waals surface area contributed by atoms with Crippen LogP contribution in [0.15, 0.2) is 47.6 Å². The van der Waals surface area contributed by atoms with Crippen LogP contribution in [0.5, 0.6) is 11.5 Å². The number of phenolic OH excluding ortho intramolecular Hbond substituents is 2. The van der Waals surface area contributed by atoms with Crippen LogP contribution in [-0.2, 0) is 33.4 Å². The molecule has 0 aliphatic heterocycles. The predicted octanol–water partition coefficient (Wildman–Crippen LogP) is 0.642. The lowest BCUT2D eigenvalue weighted by atomic mass is 10.1.